The Hall–Kier alpha value is -1.38. The molecule has 1 aromatic heterocycles. The molecule has 7 nitrogen and oxygen atoms in total. The Labute approximate surface area is 111 Å². The molecule has 0 saturated heterocycles. The summed E-state index contributed by atoms with van der Waals surface area (Å²) in [7, 11) is -2.61. The molecule has 0 radical (unpaired) electrons. The van der Waals surface area contributed by atoms with Crippen molar-refractivity contribution in [3.63, 3.8) is 0 Å². The summed E-state index contributed by atoms with van der Waals surface area (Å²) in [6, 6.07) is 2.18. The standard InChI is InChI=1S/C11H16N2O5S/c1-17-11(14)9-4-5-10(18-9)19(15,16)13-8(6-12)7-2-3-7/h4-5,7-8,13H,2-3,6,12H2,1H3. The number of sulfonamides is 1. The maximum atomic E-state index is 12.0. The van der Waals surface area contributed by atoms with Crippen LogP contribution in [0.4, 0.5) is 0 Å². The molecule has 8 heteroatoms. The third kappa shape index (κ3) is 3.14. The van der Waals surface area contributed by atoms with E-state index in [1.54, 1.807) is 0 Å². The van der Waals surface area contributed by atoms with E-state index in [1.807, 2.05) is 0 Å². The van der Waals surface area contributed by atoms with Gasteiger partial charge in [-0.3, -0.25) is 0 Å². The summed E-state index contributed by atoms with van der Waals surface area (Å²) in [6.45, 7) is 0.231. The number of furan rings is 1. The predicted octanol–water partition coefficient (Wildman–Crippen LogP) is 0.0818. The Bertz CT molecular complexity index is 561. The van der Waals surface area contributed by atoms with Gasteiger partial charge in [-0.25, -0.2) is 17.9 Å². The molecule has 1 aliphatic rings. The van der Waals surface area contributed by atoms with Gasteiger partial charge in [-0.2, -0.15) is 0 Å². The molecule has 1 fully saturated rings. The summed E-state index contributed by atoms with van der Waals surface area (Å²) < 4.78 is 36.0. The Balaban J connectivity index is 2.14. The third-order valence-corrected chi connectivity index (χ3v) is 4.35. The maximum absolute atomic E-state index is 12.0. The van der Waals surface area contributed by atoms with Crippen LogP contribution < -0.4 is 10.5 Å². The molecule has 2 rings (SSSR count). The summed E-state index contributed by atoms with van der Waals surface area (Å²) in [5.41, 5.74) is 5.54. The van der Waals surface area contributed by atoms with Crippen molar-refractivity contribution in [3.05, 3.63) is 17.9 Å². The van der Waals surface area contributed by atoms with Gasteiger partial charge in [0.05, 0.1) is 7.11 Å². The van der Waals surface area contributed by atoms with E-state index in [4.69, 9.17) is 10.2 Å². The van der Waals surface area contributed by atoms with Crippen LogP contribution in [0.2, 0.25) is 0 Å². The molecule has 1 saturated carbocycles. The second kappa shape index (κ2) is 5.32. The Morgan fingerprint density at radius 1 is 1.58 bits per heavy atom. The number of carbonyl (C=O) groups is 1. The molecule has 1 heterocycles. The zero-order chi connectivity index (χ0) is 14.0. The van der Waals surface area contributed by atoms with E-state index >= 15 is 0 Å². The zero-order valence-corrected chi connectivity index (χ0v) is 11.3. The lowest BCUT2D eigenvalue weighted by atomic mass is 10.2. The monoisotopic (exact) mass is 288 g/mol. The number of esters is 1. The van der Waals surface area contributed by atoms with E-state index in [0.29, 0.717) is 0 Å². The number of ether oxygens (including phenoxy) is 1. The minimum atomic E-state index is -3.80. The fourth-order valence-electron chi connectivity index (χ4n) is 1.77. The van der Waals surface area contributed by atoms with Gasteiger partial charge in [-0.1, -0.05) is 0 Å². The van der Waals surface area contributed by atoms with E-state index < -0.39 is 16.0 Å². The molecule has 1 atom stereocenters. The van der Waals surface area contributed by atoms with Gasteiger partial charge in [0.25, 0.3) is 10.0 Å². The first-order valence-corrected chi connectivity index (χ1v) is 7.37. The van der Waals surface area contributed by atoms with E-state index in [-0.39, 0.29) is 29.4 Å². The van der Waals surface area contributed by atoms with Crippen LogP contribution in [0, 0.1) is 5.92 Å². The number of carbonyl (C=O) groups excluding carboxylic acids is 1. The molecule has 1 unspecified atom stereocenters. The number of methoxy groups -OCH3 is 1. The van der Waals surface area contributed by atoms with Crippen LogP contribution in [0.25, 0.3) is 0 Å². The summed E-state index contributed by atoms with van der Waals surface area (Å²) >= 11 is 0. The molecule has 19 heavy (non-hydrogen) atoms. The first kappa shape index (κ1) is 14.0. The van der Waals surface area contributed by atoms with Crippen LogP contribution in [-0.2, 0) is 14.8 Å². The van der Waals surface area contributed by atoms with Crippen LogP contribution in [-0.4, -0.2) is 34.1 Å². The van der Waals surface area contributed by atoms with Crippen LogP contribution in [0.1, 0.15) is 23.4 Å². The van der Waals surface area contributed by atoms with E-state index in [1.165, 1.54) is 19.2 Å². The largest absolute Gasteiger partial charge is 0.463 e. The molecule has 0 aromatic carbocycles. The van der Waals surface area contributed by atoms with Gasteiger partial charge in [-0.05, 0) is 30.9 Å². The van der Waals surface area contributed by atoms with Gasteiger partial charge in [0.2, 0.25) is 10.9 Å². The number of hydrogen-bond acceptors (Lipinski definition) is 6. The Kier molecular flexibility index (Phi) is 3.93. The molecule has 0 amide bonds. The molecule has 0 aliphatic heterocycles. The van der Waals surface area contributed by atoms with Crippen LogP contribution in [0.3, 0.4) is 0 Å². The van der Waals surface area contributed by atoms with Gasteiger partial charge < -0.3 is 14.9 Å². The lowest BCUT2D eigenvalue weighted by Gasteiger charge is -2.14. The van der Waals surface area contributed by atoms with Crippen molar-refractivity contribution in [2.75, 3.05) is 13.7 Å². The van der Waals surface area contributed by atoms with Crippen molar-refractivity contribution in [1.82, 2.24) is 4.72 Å². The minimum absolute atomic E-state index is 0.154. The number of rotatable bonds is 6. The minimum Gasteiger partial charge on any atom is -0.463 e. The average Bonchev–Trinajstić information content (AvgIpc) is 3.10. The second-order valence-corrected chi connectivity index (χ2v) is 6.06. The summed E-state index contributed by atoms with van der Waals surface area (Å²) in [5, 5.41) is -0.313. The lowest BCUT2D eigenvalue weighted by Crippen LogP contribution is -2.41. The number of hydrogen-bond donors (Lipinski definition) is 2. The van der Waals surface area contributed by atoms with Crippen LogP contribution in [0.15, 0.2) is 21.6 Å². The summed E-state index contributed by atoms with van der Waals surface area (Å²) in [4.78, 5) is 11.2. The van der Waals surface area contributed by atoms with Gasteiger partial charge in [0.1, 0.15) is 0 Å². The number of nitrogens with one attached hydrogen (secondary N) is 1. The highest BCUT2D eigenvalue weighted by atomic mass is 32.2. The first-order chi connectivity index (χ1) is 8.97. The van der Waals surface area contributed by atoms with Gasteiger partial charge >= 0.3 is 5.97 Å². The summed E-state index contributed by atoms with van der Waals surface area (Å²) in [6.07, 6.45) is 1.94. The fraction of sp³-hybridized carbons (Fsp3) is 0.545. The van der Waals surface area contributed by atoms with E-state index in [0.717, 1.165) is 12.8 Å². The molecule has 3 N–H and O–H groups in total. The normalized spacial score (nSPS) is 17.2. The number of nitrogens with two attached hydrogens (primary N) is 1. The van der Waals surface area contributed by atoms with Crippen molar-refractivity contribution >= 4 is 16.0 Å². The topological polar surface area (TPSA) is 112 Å². The molecule has 1 aliphatic carbocycles. The first-order valence-electron chi connectivity index (χ1n) is 5.88. The van der Waals surface area contributed by atoms with Crippen molar-refractivity contribution in [2.24, 2.45) is 11.7 Å². The van der Waals surface area contributed by atoms with Gasteiger partial charge in [0, 0.05) is 12.6 Å². The van der Waals surface area contributed by atoms with E-state index in [2.05, 4.69) is 9.46 Å². The molecular weight excluding hydrogens is 272 g/mol. The van der Waals surface area contributed by atoms with Gasteiger partial charge in [-0.15, -0.1) is 0 Å². The molecule has 0 bridgehead atoms. The van der Waals surface area contributed by atoms with Gasteiger partial charge in [0.15, 0.2) is 0 Å². The third-order valence-electron chi connectivity index (χ3n) is 2.98. The van der Waals surface area contributed by atoms with Crippen LogP contribution in [0.5, 0.6) is 0 Å². The molecular formula is C11H16N2O5S. The highest BCUT2D eigenvalue weighted by molar-refractivity contribution is 7.89. The SMILES string of the molecule is COC(=O)c1ccc(S(=O)(=O)NC(CN)C2CC2)o1. The Morgan fingerprint density at radius 3 is 2.79 bits per heavy atom. The van der Waals surface area contributed by atoms with Crippen molar-refractivity contribution in [1.29, 1.82) is 0 Å². The lowest BCUT2D eigenvalue weighted by molar-refractivity contribution is 0.0559. The Morgan fingerprint density at radius 2 is 2.26 bits per heavy atom. The summed E-state index contributed by atoms with van der Waals surface area (Å²) in [5.74, 6) is -0.590. The quantitative estimate of drug-likeness (QED) is 0.717. The molecule has 106 valence electrons. The van der Waals surface area contributed by atoms with Crippen molar-refractivity contribution in [3.8, 4) is 0 Å². The smallest absolute Gasteiger partial charge is 0.374 e. The zero-order valence-electron chi connectivity index (χ0n) is 10.5. The van der Waals surface area contributed by atoms with Crippen molar-refractivity contribution < 1.29 is 22.4 Å². The highest BCUT2D eigenvalue weighted by Gasteiger charge is 2.34. The second-order valence-electron chi connectivity index (χ2n) is 4.41. The molecule has 1 aromatic rings. The van der Waals surface area contributed by atoms with E-state index in [9.17, 15) is 13.2 Å². The predicted molar refractivity (Wildman–Crippen MR) is 65.9 cm³/mol. The van der Waals surface area contributed by atoms with Crippen LogP contribution >= 0.6 is 0 Å². The van der Waals surface area contributed by atoms with Crippen molar-refractivity contribution in [2.45, 2.75) is 24.0 Å². The fourth-order valence-corrected chi connectivity index (χ4v) is 3.02. The maximum Gasteiger partial charge on any atom is 0.374 e. The highest BCUT2D eigenvalue weighted by Crippen LogP contribution is 2.33. The molecule has 0 spiro atoms. The average molecular weight is 288 g/mol.